The van der Waals surface area contributed by atoms with Gasteiger partial charge in [0.15, 0.2) is 0 Å². The van der Waals surface area contributed by atoms with Crippen molar-refractivity contribution in [3.05, 3.63) is 53.3 Å². The summed E-state index contributed by atoms with van der Waals surface area (Å²) in [5, 5.41) is 0. The van der Waals surface area contributed by atoms with Crippen LogP contribution in [0.4, 0.5) is 13.2 Å². The Labute approximate surface area is 107 Å². The summed E-state index contributed by atoms with van der Waals surface area (Å²) in [4.78, 5) is 14.5. The molecule has 0 amide bonds. The number of nitrogens with zero attached hydrogens (tertiary/aromatic N) is 1. The van der Waals surface area contributed by atoms with Crippen LogP contribution < -0.4 is 0 Å². The molecule has 1 heterocycles. The van der Waals surface area contributed by atoms with Crippen LogP contribution in [-0.2, 0) is 6.18 Å². The quantitative estimate of drug-likeness (QED) is 0.771. The molecule has 0 aliphatic heterocycles. The van der Waals surface area contributed by atoms with Crippen LogP contribution in [0, 0.1) is 6.92 Å². The first kappa shape index (κ1) is 13.3. The van der Waals surface area contributed by atoms with Crippen molar-refractivity contribution >= 4 is 6.29 Å². The van der Waals surface area contributed by atoms with E-state index in [0.29, 0.717) is 11.8 Å². The van der Waals surface area contributed by atoms with Gasteiger partial charge in [0.1, 0.15) is 6.29 Å². The number of halogens is 3. The van der Waals surface area contributed by atoms with Gasteiger partial charge in [0.05, 0.1) is 5.56 Å². The molecule has 0 spiro atoms. The highest BCUT2D eigenvalue weighted by Gasteiger charge is 2.34. The van der Waals surface area contributed by atoms with Gasteiger partial charge in [-0.2, -0.15) is 13.2 Å². The van der Waals surface area contributed by atoms with E-state index in [1.807, 2.05) is 0 Å². The first-order valence-corrected chi connectivity index (χ1v) is 5.50. The van der Waals surface area contributed by atoms with Crippen molar-refractivity contribution in [2.45, 2.75) is 13.1 Å². The molecule has 0 fully saturated rings. The Hall–Kier alpha value is -2.17. The monoisotopic (exact) mass is 265 g/mol. The number of carbonyl (C=O) groups is 1. The summed E-state index contributed by atoms with van der Waals surface area (Å²) in [7, 11) is 0. The van der Waals surface area contributed by atoms with Crippen molar-refractivity contribution in [1.82, 2.24) is 4.98 Å². The minimum Gasteiger partial charge on any atom is -0.298 e. The molecule has 98 valence electrons. The second-order valence-corrected chi connectivity index (χ2v) is 4.17. The molecule has 0 bridgehead atoms. The number of benzene rings is 1. The summed E-state index contributed by atoms with van der Waals surface area (Å²) in [5.74, 6) is 0. The highest BCUT2D eigenvalue weighted by atomic mass is 19.4. The molecular formula is C14H10F3NO. The molecule has 1 aromatic heterocycles. The molecule has 0 aliphatic rings. The fourth-order valence-corrected chi connectivity index (χ4v) is 1.82. The summed E-state index contributed by atoms with van der Waals surface area (Å²) < 4.78 is 39.0. The van der Waals surface area contributed by atoms with E-state index in [4.69, 9.17) is 0 Å². The molecule has 0 radical (unpaired) electrons. The summed E-state index contributed by atoms with van der Waals surface area (Å²) in [5.41, 5.74) is 0.338. The molecule has 0 aliphatic carbocycles. The second-order valence-electron chi connectivity index (χ2n) is 4.17. The van der Waals surface area contributed by atoms with Crippen LogP contribution in [0.25, 0.3) is 11.1 Å². The summed E-state index contributed by atoms with van der Waals surface area (Å²) >= 11 is 0. The number of alkyl halides is 3. The Morgan fingerprint density at radius 3 is 2.47 bits per heavy atom. The third kappa shape index (κ3) is 2.81. The van der Waals surface area contributed by atoms with Gasteiger partial charge in [-0.1, -0.05) is 12.1 Å². The lowest BCUT2D eigenvalue weighted by Crippen LogP contribution is -2.08. The molecule has 2 aromatic rings. The molecule has 0 saturated carbocycles. The number of aryl methyl sites for hydroxylation is 1. The molecular weight excluding hydrogens is 255 g/mol. The van der Waals surface area contributed by atoms with Crippen molar-refractivity contribution in [1.29, 1.82) is 0 Å². The van der Waals surface area contributed by atoms with Crippen LogP contribution in [-0.4, -0.2) is 11.3 Å². The normalized spacial score (nSPS) is 11.4. The molecule has 2 nitrogen and oxygen atoms in total. The third-order valence-corrected chi connectivity index (χ3v) is 2.67. The predicted octanol–water partition coefficient (Wildman–Crippen LogP) is 3.89. The maximum atomic E-state index is 13.0. The van der Waals surface area contributed by atoms with Crippen LogP contribution >= 0.6 is 0 Å². The predicted molar refractivity (Wildman–Crippen MR) is 64.8 cm³/mol. The number of hydrogen-bond donors (Lipinski definition) is 0. The lowest BCUT2D eigenvalue weighted by atomic mass is 9.98. The Bertz CT molecular complexity index is 620. The molecule has 2 rings (SSSR count). The van der Waals surface area contributed by atoms with E-state index in [0.717, 1.165) is 11.6 Å². The fourth-order valence-electron chi connectivity index (χ4n) is 1.82. The average molecular weight is 265 g/mol. The number of hydrogen-bond acceptors (Lipinski definition) is 2. The van der Waals surface area contributed by atoms with Crippen LogP contribution in [0.5, 0.6) is 0 Å². The topological polar surface area (TPSA) is 30.0 Å². The average Bonchev–Trinajstić information content (AvgIpc) is 2.37. The van der Waals surface area contributed by atoms with Gasteiger partial charge in [-0.3, -0.25) is 9.78 Å². The molecule has 1 aromatic carbocycles. The van der Waals surface area contributed by atoms with Crippen LogP contribution in [0.3, 0.4) is 0 Å². The molecule has 5 heteroatoms. The standard InChI is InChI=1S/C14H10F3NO/c1-9-4-11(7-18-6-9)12-3-2-10(8-19)5-13(12)14(15,16)17/h2-8H,1H3. The van der Waals surface area contributed by atoms with E-state index >= 15 is 0 Å². The maximum absolute atomic E-state index is 13.0. The number of rotatable bonds is 2. The number of pyridine rings is 1. The third-order valence-electron chi connectivity index (χ3n) is 2.67. The second kappa shape index (κ2) is 4.84. The van der Waals surface area contributed by atoms with Crippen molar-refractivity contribution in [3.8, 4) is 11.1 Å². The maximum Gasteiger partial charge on any atom is 0.417 e. The molecule has 0 N–H and O–H groups in total. The van der Waals surface area contributed by atoms with E-state index in [-0.39, 0.29) is 11.1 Å². The van der Waals surface area contributed by atoms with E-state index in [1.54, 1.807) is 19.2 Å². The largest absolute Gasteiger partial charge is 0.417 e. The van der Waals surface area contributed by atoms with Crippen molar-refractivity contribution in [2.24, 2.45) is 0 Å². The minimum atomic E-state index is -4.52. The fraction of sp³-hybridized carbons (Fsp3) is 0.143. The van der Waals surface area contributed by atoms with Gasteiger partial charge < -0.3 is 0 Å². The Balaban J connectivity index is 2.66. The van der Waals surface area contributed by atoms with Gasteiger partial charge in [0.25, 0.3) is 0 Å². The van der Waals surface area contributed by atoms with Crippen molar-refractivity contribution < 1.29 is 18.0 Å². The van der Waals surface area contributed by atoms with Gasteiger partial charge in [0.2, 0.25) is 0 Å². The zero-order valence-electron chi connectivity index (χ0n) is 10.0. The summed E-state index contributed by atoms with van der Waals surface area (Å²) in [6.45, 7) is 1.75. The highest BCUT2D eigenvalue weighted by molar-refractivity contribution is 5.79. The number of carbonyl (C=O) groups excluding carboxylic acids is 1. The van der Waals surface area contributed by atoms with E-state index < -0.39 is 11.7 Å². The van der Waals surface area contributed by atoms with E-state index in [2.05, 4.69) is 4.98 Å². The summed E-state index contributed by atoms with van der Waals surface area (Å²) in [6, 6.07) is 5.13. The van der Waals surface area contributed by atoms with Crippen molar-refractivity contribution in [3.63, 3.8) is 0 Å². The van der Waals surface area contributed by atoms with Gasteiger partial charge in [-0.15, -0.1) is 0 Å². The van der Waals surface area contributed by atoms with Gasteiger partial charge >= 0.3 is 6.18 Å². The van der Waals surface area contributed by atoms with Gasteiger partial charge in [0, 0.05) is 23.5 Å². The smallest absolute Gasteiger partial charge is 0.298 e. The Kier molecular flexibility index (Phi) is 3.38. The SMILES string of the molecule is Cc1cncc(-c2ccc(C=O)cc2C(F)(F)F)c1. The first-order chi connectivity index (χ1) is 8.91. The molecule has 19 heavy (non-hydrogen) atoms. The minimum absolute atomic E-state index is 0.00307. The lowest BCUT2D eigenvalue weighted by molar-refractivity contribution is -0.137. The van der Waals surface area contributed by atoms with E-state index in [1.165, 1.54) is 18.3 Å². The van der Waals surface area contributed by atoms with E-state index in [9.17, 15) is 18.0 Å². The Morgan fingerprint density at radius 1 is 1.16 bits per heavy atom. The zero-order valence-corrected chi connectivity index (χ0v) is 10.0. The molecule has 0 atom stereocenters. The van der Waals surface area contributed by atoms with Crippen LogP contribution in [0.15, 0.2) is 36.7 Å². The molecule has 0 saturated heterocycles. The van der Waals surface area contributed by atoms with Gasteiger partial charge in [-0.05, 0) is 30.2 Å². The zero-order chi connectivity index (χ0) is 14.0. The molecule has 0 unspecified atom stereocenters. The van der Waals surface area contributed by atoms with Gasteiger partial charge in [-0.25, -0.2) is 0 Å². The first-order valence-electron chi connectivity index (χ1n) is 5.50. The number of aromatic nitrogens is 1. The lowest BCUT2D eigenvalue weighted by Gasteiger charge is -2.13. The van der Waals surface area contributed by atoms with Crippen molar-refractivity contribution in [2.75, 3.05) is 0 Å². The number of aldehydes is 1. The summed E-state index contributed by atoms with van der Waals surface area (Å²) in [6.07, 6.45) is -1.18. The van der Waals surface area contributed by atoms with Crippen LogP contribution in [0.2, 0.25) is 0 Å². The van der Waals surface area contributed by atoms with Crippen LogP contribution in [0.1, 0.15) is 21.5 Å². The highest BCUT2D eigenvalue weighted by Crippen LogP contribution is 2.37. The Morgan fingerprint density at radius 2 is 1.89 bits per heavy atom.